The number of nitrogens with zero attached hydrogens (tertiary/aromatic N) is 2. The fourth-order valence-corrected chi connectivity index (χ4v) is 4.90. The number of hydrogen-bond acceptors (Lipinski definition) is 5. The monoisotopic (exact) mass is 413 g/mol. The summed E-state index contributed by atoms with van der Waals surface area (Å²) in [6.45, 7) is 5.71. The van der Waals surface area contributed by atoms with Crippen LogP contribution >= 0.6 is 11.8 Å². The molecule has 0 spiro atoms. The molecule has 2 aliphatic heterocycles. The Morgan fingerprint density at radius 3 is 2.97 bits per heavy atom. The molecule has 0 saturated carbocycles. The molecule has 1 fully saturated rings. The molecule has 6 nitrogen and oxygen atoms in total. The minimum Gasteiger partial charge on any atom is -0.376 e. The molecule has 154 valence electrons. The van der Waals surface area contributed by atoms with Crippen LogP contribution in [0.1, 0.15) is 53.0 Å². The first kappa shape index (κ1) is 20.2. The minimum atomic E-state index is 0.0437. The number of fused-ring (bicyclic) bond motifs is 1. The molecule has 1 atom stereocenters. The first-order valence-electron chi connectivity index (χ1n) is 10.3. The molecule has 1 aromatic heterocycles. The molecule has 1 saturated heterocycles. The number of aryl methyl sites for hydroxylation is 2. The summed E-state index contributed by atoms with van der Waals surface area (Å²) in [6.07, 6.45) is 4.57. The van der Waals surface area contributed by atoms with Crippen molar-refractivity contribution in [1.82, 2.24) is 9.55 Å². The van der Waals surface area contributed by atoms with Crippen molar-refractivity contribution in [3.05, 3.63) is 40.7 Å². The van der Waals surface area contributed by atoms with Gasteiger partial charge < -0.3 is 14.6 Å². The van der Waals surface area contributed by atoms with E-state index < -0.39 is 0 Å². The first-order valence-corrected chi connectivity index (χ1v) is 11.2. The summed E-state index contributed by atoms with van der Waals surface area (Å²) < 4.78 is 7.98. The Balaban J connectivity index is 1.45. The lowest BCUT2D eigenvalue weighted by Gasteiger charge is -2.14. The van der Waals surface area contributed by atoms with Gasteiger partial charge in [0.05, 0.1) is 24.1 Å². The summed E-state index contributed by atoms with van der Waals surface area (Å²) in [5.74, 6) is 0.463. The van der Waals surface area contributed by atoms with E-state index in [0.29, 0.717) is 17.7 Å². The highest BCUT2D eigenvalue weighted by Gasteiger charge is 2.21. The lowest BCUT2D eigenvalue weighted by atomic mass is 10.0. The number of ketones is 1. The van der Waals surface area contributed by atoms with Gasteiger partial charge in [0.25, 0.3) is 0 Å². The highest BCUT2D eigenvalue weighted by atomic mass is 32.2. The Morgan fingerprint density at radius 1 is 1.31 bits per heavy atom. The van der Waals surface area contributed by atoms with E-state index in [-0.39, 0.29) is 17.8 Å². The third-order valence-corrected chi connectivity index (χ3v) is 6.69. The number of ether oxygens (including phenoxy) is 1. The fraction of sp³-hybridized carbons (Fsp3) is 0.500. The van der Waals surface area contributed by atoms with Crippen molar-refractivity contribution in [2.45, 2.75) is 63.8 Å². The quantitative estimate of drug-likeness (QED) is 0.574. The molecule has 0 aliphatic carbocycles. The number of imidazole rings is 1. The summed E-state index contributed by atoms with van der Waals surface area (Å²) in [5, 5.41) is 3.80. The predicted molar refractivity (Wildman–Crippen MR) is 114 cm³/mol. The average Bonchev–Trinajstić information content (AvgIpc) is 3.25. The number of carbonyl (C=O) groups excluding carboxylic acids is 2. The van der Waals surface area contributed by atoms with E-state index in [4.69, 9.17) is 4.74 Å². The zero-order valence-corrected chi connectivity index (χ0v) is 17.8. The number of carbonyl (C=O) groups is 2. The molecule has 3 heterocycles. The van der Waals surface area contributed by atoms with Crippen molar-refractivity contribution in [2.24, 2.45) is 0 Å². The van der Waals surface area contributed by atoms with Crippen LogP contribution in [0.2, 0.25) is 0 Å². The standard InChI is InChI=1S/C22H27N3O3S/c1-14-15(2)25(12-18-6-4-10-28-18)22(23-14)29-13-20(26)17-8-9-19-16(11-17)5-3-7-21(27)24-19/h8-9,11,18H,3-7,10,12-13H2,1-2H3,(H,24,27)/t18-/m1/s1. The van der Waals surface area contributed by atoms with Crippen molar-refractivity contribution in [3.8, 4) is 0 Å². The number of hydrogen-bond donors (Lipinski definition) is 1. The molecule has 7 heteroatoms. The van der Waals surface area contributed by atoms with Gasteiger partial charge in [0.2, 0.25) is 5.91 Å². The zero-order chi connectivity index (χ0) is 20.4. The molecule has 1 aromatic carbocycles. The fourth-order valence-electron chi connectivity index (χ4n) is 3.90. The zero-order valence-electron chi connectivity index (χ0n) is 17.0. The van der Waals surface area contributed by atoms with Crippen LogP contribution < -0.4 is 5.32 Å². The van der Waals surface area contributed by atoms with E-state index in [1.54, 1.807) is 0 Å². The van der Waals surface area contributed by atoms with Crippen LogP contribution in [-0.2, 0) is 22.5 Å². The van der Waals surface area contributed by atoms with E-state index in [2.05, 4.69) is 21.8 Å². The SMILES string of the molecule is Cc1nc(SCC(=O)c2ccc3c(c2)CCCC(=O)N3)n(C[C@H]2CCCO2)c1C. The van der Waals surface area contributed by atoms with Crippen LogP contribution in [0.5, 0.6) is 0 Å². The maximum Gasteiger partial charge on any atom is 0.224 e. The van der Waals surface area contributed by atoms with Gasteiger partial charge in [-0.15, -0.1) is 0 Å². The molecule has 0 bridgehead atoms. The summed E-state index contributed by atoms with van der Waals surface area (Å²) in [7, 11) is 0. The van der Waals surface area contributed by atoms with Gasteiger partial charge in [0.1, 0.15) is 0 Å². The predicted octanol–water partition coefficient (Wildman–Crippen LogP) is 3.93. The summed E-state index contributed by atoms with van der Waals surface area (Å²) in [5.41, 5.74) is 4.70. The molecule has 1 N–H and O–H groups in total. The van der Waals surface area contributed by atoms with Crippen LogP contribution in [0.3, 0.4) is 0 Å². The van der Waals surface area contributed by atoms with Gasteiger partial charge in [-0.3, -0.25) is 9.59 Å². The molecule has 4 rings (SSSR count). The summed E-state index contributed by atoms with van der Waals surface area (Å²) in [4.78, 5) is 29.2. The van der Waals surface area contributed by atoms with Gasteiger partial charge in [-0.05, 0) is 63.3 Å². The lowest BCUT2D eigenvalue weighted by molar-refractivity contribution is -0.116. The van der Waals surface area contributed by atoms with Gasteiger partial charge in [-0.25, -0.2) is 4.98 Å². The van der Waals surface area contributed by atoms with Gasteiger partial charge >= 0.3 is 0 Å². The highest BCUT2D eigenvalue weighted by molar-refractivity contribution is 7.99. The number of Topliss-reactive ketones (excluding diaryl/α,β-unsaturated/α-hetero) is 1. The van der Waals surface area contributed by atoms with Crippen LogP contribution in [-0.4, -0.2) is 39.7 Å². The Morgan fingerprint density at radius 2 is 2.17 bits per heavy atom. The largest absolute Gasteiger partial charge is 0.376 e. The van der Waals surface area contributed by atoms with Crippen molar-refractivity contribution < 1.29 is 14.3 Å². The maximum absolute atomic E-state index is 12.8. The molecular weight excluding hydrogens is 386 g/mol. The second kappa shape index (κ2) is 8.71. The number of amides is 1. The first-order chi connectivity index (χ1) is 14.0. The lowest BCUT2D eigenvalue weighted by Crippen LogP contribution is -2.17. The van der Waals surface area contributed by atoms with E-state index in [9.17, 15) is 9.59 Å². The molecular formula is C22H27N3O3S. The Bertz CT molecular complexity index is 932. The van der Waals surface area contributed by atoms with Crippen molar-refractivity contribution in [3.63, 3.8) is 0 Å². The third kappa shape index (κ3) is 4.56. The van der Waals surface area contributed by atoms with E-state index >= 15 is 0 Å². The molecule has 29 heavy (non-hydrogen) atoms. The van der Waals surface area contributed by atoms with E-state index in [1.165, 1.54) is 11.8 Å². The summed E-state index contributed by atoms with van der Waals surface area (Å²) in [6, 6.07) is 5.59. The Kier molecular flexibility index (Phi) is 6.06. The minimum absolute atomic E-state index is 0.0437. The van der Waals surface area contributed by atoms with Crippen LogP contribution in [0.25, 0.3) is 0 Å². The molecule has 2 aromatic rings. The summed E-state index contributed by atoms with van der Waals surface area (Å²) >= 11 is 1.49. The maximum atomic E-state index is 12.8. The van der Waals surface area contributed by atoms with Gasteiger partial charge in [-0.2, -0.15) is 0 Å². The number of benzene rings is 1. The Hall–Kier alpha value is -2.12. The van der Waals surface area contributed by atoms with Gasteiger partial charge in [-0.1, -0.05) is 11.8 Å². The second-order valence-corrected chi connectivity index (χ2v) is 8.74. The highest BCUT2D eigenvalue weighted by Crippen LogP contribution is 2.27. The molecule has 0 radical (unpaired) electrons. The average molecular weight is 414 g/mol. The van der Waals surface area contributed by atoms with E-state index in [1.807, 2.05) is 25.1 Å². The third-order valence-electron chi connectivity index (χ3n) is 5.72. The molecule has 1 amide bonds. The number of rotatable bonds is 6. The molecule has 0 unspecified atom stereocenters. The van der Waals surface area contributed by atoms with E-state index in [0.717, 1.165) is 66.6 Å². The van der Waals surface area contributed by atoms with Crippen molar-refractivity contribution >= 4 is 29.1 Å². The van der Waals surface area contributed by atoms with Crippen molar-refractivity contribution in [1.29, 1.82) is 0 Å². The van der Waals surface area contributed by atoms with Crippen molar-refractivity contribution in [2.75, 3.05) is 17.7 Å². The van der Waals surface area contributed by atoms with Crippen LogP contribution in [0.4, 0.5) is 5.69 Å². The Labute approximate surface area is 175 Å². The second-order valence-electron chi connectivity index (χ2n) is 7.80. The smallest absolute Gasteiger partial charge is 0.224 e. The normalized spacial score (nSPS) is 19.0. The number of anilines is 1. The number of nitrogens with one attached hydrogen (secondary N) is 1. The number of aromatic nitrogens is 2. The molecule has 2 aliphatic rings. The van der Waals surface area contributed by atoms with Gasteiger partial charge in [0, 0.05) is 30.0 Å². The van der Waals surface area contributed by atoms with Gasteiger partial charge in [0.15, 0.2) is 10.9 Å². The van der Waals surface area contributed by atoms with Crippen LogP contribution in [0.15, 0.2) is 23.4 Å². The van der Waals surface area contributed by atoms with Crippen LogP contribution in [0, 0.1) is 13.8 Å². The number of thioether (sulfide) groups is 1. The topological polar surface area (TPSA) is 73.2 Å².